The van der Waals surface area contributed by atoms with Gasteiger partial charge in [0.25, 0.3) is 0 Å². The van der Waals surface area contributed by atoms with Gasteiger partial charge in [-0.2, -0.15) is 0 Å². The smallest absolute Gasteiger partial charge is 0.0726 e. The van der Waals surface area contributed by atoms with Gasteiger partial charge in [-0.15, -0.1) is 0 Å². The number of fused-ring (bicyclic) bond motifs is 1. The van der Waals surface area contributed by atoms with Crippen LogP contribution in [0.15, 0.2) is 42.5 Å². The van der Waals surface area contributed by atoms with Crippen LogP contribution in [0.25, 0.3) is 10.8 Å². The van der Waals surface area contributed by atoms with Crippen molar-refractivity contribution >= 4 is 10.8 Å². The summed E-state index contributed by atoms with van der Waals surface area (Å²) in [6.07, 6.45) is 1.79. The Hall–Kier alpha value is -1.38. The number of rotatable bonds is 3. The van der Waals surface area contributed by atoms with Gasteiger partial charge in [-0.1, -0.05) is 56.3 Å². The second-order valence-corrected chi connectivity index (χ2v) is 7.20. The van der Waals surface area contributed by atoms with Crippen molar-refractivity contribution in [2.75, 3.05) is 20.1 Å². The van der Waals surface area contributed by atoms with E-state index in [1.165, 1.54) is 16.3 Å². The summed E-state index contributed by atoms with van der Waals surface area (Å²) in [5.74, 6) is 0.642. The fraction of sp³-hybridized carbons (Fsp3) is 0.500. The Bertz CT molecular complexity index is 639. The quantitative estimate of drug-likeness (QED) is 0.933. The van der Waals surface area contributed by atoms with E-state index in [0.29, 0.717) is 11.8 Å². The summed E-state index contributed by atoms with van der Waals surface area (Å²) < 4.78 is 0. The Morgan fingerprint density at radius 3 is 2.36 bits per heavy atom. The summed E-state index contributed by atoms with van der Waals surface area (Å²) in [6, 6.07) is 15.1. The van der Waals surface area contributed by atoms with Crippen LogP contribution in [0, 0.1) is 11.8 Å². The number of nitrogens with zero attached hydrogens (tertiary/aromatic N) is 1. The first-order chi connectivity index (χ1) is 10.5. The molecule has 2 unspecified atom stereocenters. The van der Waals surface area contributed by atoms with E-state index < -0.39 is 5.60 Å². The lowest BCUT2D eigenvalue weighted by molar-refractivity contribution is -0.106. The lowest BCUT2D eigenvalue weighted by atomic mass is 9.72. The summed E-state index contributed by atoms with van der Waals surface area (Å²) in [4.78, 5) is 2.33. The summed E-state index contributed by atoms with van der Waals surface area (Å²) in [6.45, 7) is 6.34. The van der Waals surface area contributed by atoms with E-state index in [-0.39, 0.29) is 0 Å². The summed E-state index contributed by atoms with van der Waals surface area (Å²) in [5.41, 5.74) is 0.781. The molecule has 2 atom stereocenters. The van der Waals surface area contributed by atoms with Crippen molar-refractivity contribution in [3.63, 3.8) is 0 Å². The third-order valence-electron chi connectivity index (χ3n) is 5.51. The molecule has 2 aromatic rings. The molecule has 1 saturated heterocycles. The molecule has 0 saturated carbocycles. The van der Waals surface area contributed by atoms with E-state index in [2.05, 4.69) is 68.3 Å². The molecule has 0 radical (unpaired) electrons. The van der Waals surface area contributed by atoms with Crippen LogP contribution in [0.3, 0.4) is 0 Å². The van der Waals surface area contributed by atoms with Crippen LogP contribution in [0.2, 0.25) is 0 Å². The Morgan fingerprint density at radius 2 is 1.68 bits per heavy atom. The summed E-state index contributed by atoms with van der Waals surface area (Å²) in [5, 5.41) is 13.7. The fourth-order valence-electron chi connectivity index (χ4n) is 4.04. The van der Waals surface area contributed by atoms with Gasteiger partial charge < -0.3 is 10.0 Å². The summed E-state index contributed by atoms with van der Waals surface area (Å²) in [7, 11) is 2.15. The number of aryl methyl sites for hydroxylation is 1. The van der Waals surface area contributed by atoms with Gasteiger partial charge in [0.15, 0.2) is 0 Å². The Morgan fingerprint density at radius 1 is 1.05 bits per heavy atom. The van der Waals surface area contributed by atoms with Gasteiger partial charge in [-0.05, 0) is 48.1 Å². The van der Waals surface area contributed by atoms with E-state index in [4.69, 9.17) is 0 Å². The van der Waals surface area contributed by atoms with Crippen LogP contribution in [0.1, 0.15) is 25.8 Å². The molecule has 0 spiro atoms. The molecule has 1 heterocycles. The van der Waals surface area contributed by atoms with E-state index in [0.717, 1.165) is 25.9 Å². The van der Waals surface area contributed by atoms with Crippen molar-refractivity contribution in [3.8, 4) is 0 Å². The van der Waals surface area contributed by atoms with Crippen LogP contribution in [-0.4, -0.2) is 35.7 Å². The van der Waals surface area contributed by atoms with Crippen LogP contribution < -0.4 is 0 Å². The lowest BCUT2D eigenvalue weighted by Gasteiger charge is -2.47. The first kappa shape index (κ1) is 15.5. The maximum absolute atomic E-state index is 11.2. The minimum absolute atomic E-state index is 0.321. The van der Waals surface area contributed by atoms with Gasteiger partial charge in [-0.25, -0.2) is 0 Å². The second kappa shape index (κ2) is 6.02. The molecule has 0 aliphatic carbocycles. The van der Waals surface area contributed by atoms with Crippen molar-refractivity contribution in [1.29, 1.82) is 0 Å². The van der Waals surface area contributed by atoms with Crippen molar-refractivity contribution in [2.45, 2.75) is 32.3 Å². The highest BCUT2D eigenvalue weighted by molar-refractivity contribution is 5.82. The van der Waals surface area contributed by atoms with Gasteiger partial charge in [0.05, 0.1) is 5.60 Å². The molecule has 0 bridgehead atoms. The van der Waals surface area contributed by atoms with Gasteiger partial charge >= 0.3 is 0 Å². The molecular weight excluding hydrogens is 270 g/mol. The highest BCUT2D eigenvalue weighted by atomic mass is 16.3. The zero-order valence-electron chi connectivity index (χ0n) is 13.9. The van der Waals surface area contributed by atoms with Crippen molar-refractivity contribution in [2.24, 2.45) is 11.8 Å². The van der Waals surface area contributed by atoms with Gasteiger partial charge in [0.2, 0.25) is 0 Å². The fourth-order valence-corrected chi connectivity index (χ4v) is 4.04. The molecule has 1 aliphatic heterocycles. The Labute approximate surface area is 133 Å². The second-order valence-electron chi connectivity index (χ2n) is 7.20. The number of hydrogen-bond acceptors (Lipinski definition) is 2. The molecule has 1 aliphatic rings. The van der Waals surface area contributed by atoms with Gasteiger partial charge in [-0.3, -0.25) is 0 Å². The Kier molecular flexibility index (Phi) is 4.24. The van der Waals surface area contributed by atoms with Crippen molar-refractivity contribution < 1.29 is 5.11 Å². The maximum Gasteiger partial charge on any atom is 0.0726 e. The van der Waals surface area contributed by atoms with E-state index in [9.17, 15) is 5.11 Å². The predicted octanol–water partition coefficient (Wildman–Crippen LogP) is 3.72. The first-order valence-electron chi connectivity index (χ1n) is 8.37. The zero-order valence-corrected chi connectivity index (χ0v) is 13.9. The van der Waals surface area contributed by atoms with E-state index in [1.807, 2.05) is 0 Å². The third-order valence-corrected chi connectivity index (χ3v) is 5.51. The maximum atomic E-state index is 11.2. The molecule has 22 heavy (non-hydrogen) atoms. The topological polar surface area (TPSA) is 23.5 Å². The monoisotopic (exact) mass is 297 g/mol. The van der Waals surface area contributed by atoms with E-state index >= 15 is 0 Å². The number of piperidine rings is 1. The average molecular weight is 297 g/mol. The van der Waals surface area contributed by atoms with Gasteiger partial charge in [0.1, 0.15) is 0 Å². The van der Waals surface area contributed by atoms with Gasteiger partial charge in [0, 0.05) is 13.1 Å². The lowest BCUT2D eigenvalue weighted by Crippen LogP contribution is -2.55. The Balaban J connectivity index is 1.75. The molecule has 0 amide bonds. The molecule has 2 aromatic carbocycles. The highest BCUT2D eigenvalue weighted by Gasteiger charge is 2.42. The molecule has 1 fully saturated rings. The number of likely N-dealkylation sites (tertiary alicyclic amines) is 1. The standard InChI is InChI=1S/C20H27NO/c1-15-13-21(3)14-16(2)20(15,22)11-10-17-8-9-18-6-4-5-7-19(18)12-17/h4-9,12,15-16,22H,10-11,13-14H2,1-3H3. The average Bonchev–Trinajstić information content (AvgIpc) is 2.50. The van der Waals surface area contributed by atoms with Crippen molar-refractivity contribution in [1.82, 2.24) is 4.90 Å². The zero-order chi connectivity index (χ0) is 15.7. The SMILES string of the molecule is CC1CN(C)CC(C)C1(O)CCc1ccc2ccccc2c1. The van der Waals surface area contributed by atoms with Crippen LogP contribution in [0.5, 0.6) is 0 Å². The summed E-state index contributed by atoms with van der Waals surface area (Å²) >= 11 is 0. The molecular formula is C20H27NO. The number of hydrogen-bond donors (Lipinski definition) is 1. The predicted molar refractivity (Wildman–Crippen MR) is 93.0 cm³/mol. The third kappa shape index (κ3) is 2.90. The van der Waals surface area contributed by atoms with Crippen LogP contribution in [-0.2, 0) is 6.42 Å². The first-order valence-corrected chi connectivity index (χ1v) is 8.37. The number of benzene rings is 2. The molecule has 118 valence electrons. The molecule has 2 nitrogen and oxygen atoms in total. The van der Waals surface area contributed by atoms with Crippen LogP contribution >= 0.6 is 0 Å². The highest BCUT2D eigenvalue weighted by Crippen LogP contribution is 2.36. The largest absolute Gasteiger partial charge is 0.389 e. The molecule has 2 heteroatoms. The number of aliphatic hydroxyl groups is 1. The minimum atomic E-state index is -0.543. The van der Waals surface area contributed by atoms with E-state index in [1.54, 1.807) is 0 Å². The van der Waals surface area contributed by atoms with Crippen molar-refractivity contribution in [3.05, 3.63) is 48.0 Å². The molecule has 0 aromatic heterocycles. The molecule has 1 N–H and O–H groups in total. The molecule has 3 rings (SSSR count). The normalized spacial score (nSPS) is 29.8. The minimum Gasteiger partial charge on any atom is -0.389 e. The van der Waals surface area contributed by atoms with Crippen LogP contribution in [0.4, 0.5) is 0 Å².